The van der Waals surface area contributed by atoms with Crippen LogP contribution in [-0.4, -0.2) is 73.4 Å². The third-order valence-electron chi connectivity index (χ3n) is 6.88. The van der Waals surface area contributed by atoms with E-state index in [1.807, 2.05) is 0 Å². The average molecular weight is 536 g/mol. The molecule has 1 saturated carbocycles. The zero-order valence-electron chi connectivity index (χ0n) is 22.7. The lowest BCUT2D eigenvalue weighted by Gasteiger charge is -2.29. The van der Waals surface area contributed by atoms with Crippen LogP contribution in [0.4, 0.5) is 0 Å². The lowest BCUT2D eigenvalue weighted by Crippen LogP contribution is -2.39. The second-order valence-electron chi connectivity index (χ2n) is 9.96. The number of amides is 4. The topological polar surface area (TPSA) is 131 Å². The lowest BCUT2D eigenvalue weighted by molar-refractivity contribution is -0.230. The molecule has 0 aromatic rings. The van der Waals surface area contributed by atoms with Crippen LogP contribution in [0.1, 0.15) is 96.3 Å². The summed E-state index contributed by atoms with van der Waals surface area (Å²) in [6, 6.07) is 0. The van der Waals surface area contributed by atoms with E-state index < -0.39 is 17.6 Å². The Morgan fingerprint density at radius 2 is 1.29 bits per heavy atom. The molecular formula is C28H45N3O7. The number of aldehydes is 1. The number of unbranched alkanes of at least 4 members (excludes halogenated alkanes) is 8. The van der Waals surface area contributed by atoms with Crippen molar-refractivity contribution < 1.29 is 33.4 Å². The second-order valence-corrected chi connectivity index (χ2v) is 9.96. The second kappa shape index (κ2) is 18.6. The molecule has 0 spiro atoms. The number of imide groups is 1. The average Bonchev–Trinajstić information content (AvgIpc) is 3.50. The minimum absolute atomic E-state index is 0.0414. The molecule has 10 heteroatoms. The van der Waals surface area contributed by atoms with Gasteiger partial charge in [0.1, 0.15) is 6.29 Å². The molecule has 2 rings (SSSR count). The normalized spacial score (nSPS) is 16.3. The molecule has 0 bridgehead atoms. The van der Waals surface area contributed by atoms with Crippen LogP contribution in [0.3, 0.4) is 0 Å². The van der Waals surface area contributed by atoms with E-state index in [0.717, 1.165) is 69.0 Å². The molecule has 0 atom stereocenters. The summed E-state index contributed by atoms with van der Waals surface area (Å²) in [6.07, 6.45) is 16.9. The number of ether oxygens (including phenoxy) is 2. The van der Waals surface area contributed by atoms with Gasteiger partial charge in [-0.1, -0.05) is 38.5 Å². The van der Waals surface area contributed by atoms with Gasteiger partial charge < -0.3 is 24.9 Å². The Hall–Kier alpha value is -2.59. The molecule has 1 heterocycles. The van der Waals surface area contributed by atoms with Gasteiger partial charge in [0, 0.05) is 63.9 Å². The standard InChI is InChI=1S/C28H45N3O7/c32-21-11-7-5-3-1-2-4-6-8-12-24(33)29-18-22-37-28(16-9-10-17-28)38-23-19-30-25(34)15-20-31-26(35)13-14-27(31)36/h13-14,21H,1-12,15-20,22-23H2,(H,29,33)(H,30,34). The van der Waals surface area contributed by atoms with Crippen LogP contribution >= 0.6 is 0 Å². The third kappa shape index (κ3) is 12.8. The highest BCUT2D eigenvalue weighted by atomic mass is 16.7. The molecule has 0 aromatic carbocycles. The van der Waals surface area contributed by atoms with Gasteiger partial charge in [-0.2, -0.15) is 0 Å². The van der Waals surface area contributed by atoms with Gasteiger partial charge in [0.05, 0.1) is 13.2 Å². The molecule has 0 aromatic heterocycles. The Morgan fingerprint density at radius 3 is 1.84 bits per heavy atom. The molecule has 2 N–H and O–H groups in total. The summed E-state index contributed by atoms with van der Waals surface area (Å²) < 4.78 is 12.0. The fraction of sp³-hybridized carbons (Fsp3) is 0.750. The Morgan fingerprint density at radius 1 is 0.789 bits per heavy atom. The number of rotatable bonds is 22. The summed E-state index contributed by atoms with van der Waals surface area (Å²) >= 11 is 0. The van der Waals surface area contributed by atoms with E-state index >= 15 is 0 Å². The molecule has 38 heavy (non-hydrogen) atoms. The lowest BCUT2D eigenvalue weighted by atomic mass is 10.1. The van der Waals surface area contributed by atoms with Crippen molar-refractivity contribution in [2.24, 2.45) is 0 Å². The molecule has 0 saturated heterocycles. The van der Waals surface area contributed by atoms with E-state index in [-0.39, 0.29) is 24.8 Å². The highest BCUT2D eigenvalue weighted by molar-refractivity contribution is 6.13. The maximum absolute atomic E-state index is 12.1. The van der Waals surface area contributed by atoms with Crippen LogP contribution in [0, 0.1) is 0 Å². The van der Waals surface area contributed by atoms with E-state index in [9.17, 15) is 24.0 Å². The number of nitrogens with zero attached hydrogens (tertiary/aromatic N) is 1. The largest absolute Gasteiger partial charge is 0.354 e. The fourth-order valence-electron chi connectivity index (χ4n) is 4.71. The van der Waals surface area contributed by atoms with E-state index in [4.69, 9.17) is 9.47 Å². The van der Waals surface area contributed by atoms with E-state index in [1.165, 1.54) is 31.4 Å². The maximum Gasteiger partial charge on any atom is 0.253 e. The zero-order valence-corrected chi connectivity index (χ0v) is 22.7. The van der Waals surface area contributed by atoms with Gasteiger partial charge >= 0.3 is 0 Å². The van der Waals surface area contributed by atoms with Crippen LogP contribution in [0.2, 0.25) is 0 Å². The number of carbonyl (C=O) groups is 5. The molecule has 214 valence electrons. The summed E-state index contributed by atoms with van der Waals surface area (Å²) in [5.74, 6) is -1.68. The van der Waals surface area contributed by atoms with Gasteiger partial charge in [0.25, 0.3) is 11.8 Å². The highest BCUT2D eigenvalue weighted by Gasteiger charge is 2.35. The summed E-state index contributed by atoms with van der Waals surface area (Å²) in [4.78, 5) is 58.5. The molecular weight excluding hydrogens is 490 g/mol. The van der Waals surface area contributed by atoms with Crippen LogP contribution in [0.25, 0.3) is 0 Å². The van der Waals surface area contributed by atoms with Gasteiger partial charge in [-0.15, -0.1) is 0 Å². The third-order valence-corrected chi connectivity index (χ3v) is 6.88. The fourth-order valence-corrected chi connectivity index (χ4v) is 4.71. The van der Waals surface area contributed by atoms with Crippen molar-refractivity contribution in [2.45, 2.75) is 102 Å². The molecule has 2 aliphatic rings. The molecule has 10 nitrogen and oxygen atoms in total. The predicted octanol–water partition coefficient (Wildman–Crippen LogP) is 2.94. The van der Waals surface area contributed by atoms with Crippen LogP contribution in [-0.2, 0) is 33.4 Å². The van der Waals surface area contributed by atoms with Gasteiger partial charge in [-0.3, -0.25) is 24.1 Å². The molecule has 1 aliphatic carbocycles. The first kappa shape index (κ1) is 31.6. The Labute approximate surface area is 226 Å². The van der Waals surface area contributed by atoms with Crippen LogP contribution in [0.15, 0.2) is 12.2 Å². The Bertz CT molecular complexity index is 775. The smallest absolute Gasteiger partial charge is 0.253 e. The van der Waals surface area contributed by atoms with E-state index in [1.54, 1.807) is 0 Å². The summed E-state index contributed by atoms with van der Waals surface area (Å²) in [5, 5.41) is 5.67. The first-order valence-electron chi connectivity index (χ1n) is 14.2. The van der Waals surface area contributed by atoms with Crippen LogP contribution < -0.4 is 10.6 Å². The Balaban J connectivity index is 1.48. The number of hydrogen-bond donors (Lipinski definition) is 2. The zero-order chi connectivity index (χ0) is 27.5. The first-order chi connectivity index (χ1) is 18.5. The molecule has 0 radical (unpaired) electrons. The van der Waals surface area contributed by atoms with Gasteiger partial charge in [0.15, 0.2) is 5.79 Å². The number of carbonyl (C=O) groups excluding carboxylic acids is 5. The predicted molar refractivity (Wildman–Crippen MR) is 142 cm³/mol. The quantitative estimate of drug-likeness (QED) is 0.0943. The van der Waals surface area contributed by atoms with Gasteiger partial charge in [-0.05, 0) is 25.7 Å². The highest BCUT2D eigenvalue weighted by Crippen LogP contribution is 2.34. The minimum atomic E-state index is -0.678. The minimum Gasteiger partial charge on any atom is -0.354 e. The molecule has 0 unspecified atom stereocenters. The Kier molecular flexibility index (Phi) is 15.5. The van der Waals surface area contributed by atoms with E-state index in [0.29, 0.717) is 39.1 Å². The van der Waals surface area contributed by atoms with Crippen molar-refractivity contribution in [1.82, 2.24) is 15.5 Å². The first-order valence-corrected chi connectivity index (χ1v) is 14.2. The van der Waals surface area contributed by atoms with Crippen molar-refractivity contribution in [1.29, 1.82) is 0 Å². The maximum atomic E-state index is 12.1. The van der Waals surface area contributed by atoms with Crippen molar-refractivity contribution in [2.75, 3.05) is 32.8 Å². The van der Waals surface area contributed by atoms with Crippen molar-refractivity contribution in [3.63, 3.8) is 0 Å². The van der Waals surface area contributed by atoms with Crippen molar-refractivity contribution in [3.05, 3.63) is 12.2 Å². The number of nitrogens with one attached hydrogen (secondary N) is 2. The van der Waals surface area contributed by atoms with Crippen LogP contribution in [0.5, 0.6) is 0 Å². The van der Waals surface area contributed by atoms with E-state index in [2.05, 4.69) is 10.6 Å². The molecule has 4 amide bonds. The summed E-state index contributed by atoms with van der Waals surface area (Å²) in [5.41, 5.74) is 0. The summed E-state index contributed by atoms with van der Waals surface area (Å²) in [6.45, 7) is 1.46. The number of hydrogen-bond acceptors (Lipinski definition) is 7. The van der Waals surface area contributed by atoms with Gasteiger partial charge in [-0.25, -0.2) is 0 Å². The van der Waals surface area contributed by atoms with Crippen molar-refractivity contribution in [3.8, 4) is 0 Å². The van der Waals surface area contributed by atoms with Crippen molar-refractivity contribution >= 4 is 29.9 Å². The van der Waals surface area contributed by atoms with Gasteiger partial charge in [0.2, 0.25) is 11.8 Å². The molecule has 1 fully saturated rings. The SMILES string of the molecule is O=CCCCCCCCCCCC(=O)NCCOC1(OCCNC(=O)CCN2C(=O)C=CC2=O)CCCC1. The monoisotopic (exact) mass is 535 g/mol. The molecule has 1 aliphatic heterocycles. The summed E-state index contributed by atoms with van der Waals surface area (Å²) in [7, 11) is 0.